The molecule has 0 aliphatic rings. The van der Waals surface area contributed by atoms with Gasteiger partial charge in [0.05, 0.1) is 4.47 Å². The van der Waals surface area contributed by atoms with Crippen molar-refractivity contribution < 1.29 is 9.13 Å². The summed E-state index contributed by atoms with van der Waals surface area (Å²) in [5, 5.41) is 3.09. The minimum absolute atomic E-state index is 0.256. The first-order valence-corrected chi connectivity index (χ1v) is 6.76. The van der Waals surface area contributed by atoms with Crippen LogP contribution in [-0.2, 0) is 6.54 Å². The molecule has 0 fully saturated rings. The van der Waals surface area contributed by atoms with Gasteiger partial charge in [0.15, 0.2) is 0 Å². The van der Waals surface area contributed by atoms with Crippen LogP contribution in [0.3, 0.4) is 0 Å². The van der Waals surface area contributed by atoms with E-state index in [0.29, 0.717) is 5.75 Å². The van der Waals surface area contributed by atoms with Gasteiger partial charge < -0.3 is 10.1 Å². The molecule has 0 atom stereocenters. The molecule has 100 valence electrons. The highest BCUT2D eigenvalue weighted by Gasteiger charge is 2.07. The lowest BCUT2D eigenvalue weighted by molar-refractivity contribution is 0.473. The molecule has 0 bridgehead atoms. The van der Waals surface area contributed by atoms with Crippen molar-refractivity contribution in [2.75, 3.05) is 7.05 Å². The summed E-state index contributed by atoms with van der Waals surface area (Å²) in [6.45, 7) is 2.62. The summed E-state index contributed by atoms with van der Waals surface area (Å²) in [6.07, 6.45) is 0. The minimum Gasteiger partial charge on any atom is -0.456 e. The van der Waals surface area contributed by atoms with Crippen molar-refractivity contribution in [2.24, 2.45) is 0 Å². The summed E-state index contributed by atoms with van der Waals surface area (Å²) in [6, 6.07) is 10.4. The van der Waals surface area contributed by atoms with Crippen LogP contribution in [0.15, 0.2) is 40.9 Å². The Balaban J connectivity index is 2.23. The van der Waals surface area contributed by atoms with Gasteiger partial charge in [-0.2, -0.15) is 0 Å². The predicted molar refractivity (Wildman–Crippen MR) is 78.1 cm³/mol. The Labute approximate surface area is 120 Å². The maximum atomic E-state index is 13.0. The lowest BCUT2D eigenvalue weighted by atomic mass is 10.2. The average Bonchev–Trinajstić information content (AvgIpc) is 2.36. The molecule has 2 rings (SSSR count). The second-order valence-electron chi connectivity index (χ2n) is 4.31. The minimum atomic E-state index is -0.256. The number of nitrogens with one attached hydrogen (secondary N) is 1. The van der Waals surface area contributed by atoms with Crippen LogP contribution in [0.4, 0.5) is 4.39 Å². The van der Waals surface area contributed by atoms with E-state index in [2.05, 4.69) is 21.2 Å². The van der Waals surface area contributed by atoms with Crippen LogP contribution in [0.5, 0.6) is 11.5 Å². The van der Waals surface area contributed by atoms with E-state index in [0.717, 1.165) is 27.9 Å². The highest BCUT2D eigenvalue weighted by molar-refractivity contribution is 9.10. The molecule has 0 aliphatic carbocycles. The van der Waals surface area contributed by atoms with E-state index in [1.165, 1.54) is 12.1 Å². The molecule has 4 heteroatoms. The largest absolute Gasteiger partial charge is 0.456 e. The molecule has 0 amide bonds. The van der Waals surface area contributed by atoms with Gasteiger partial charge in [0.1, 0.15) is 17.3 Å². The number of hydrogen-bond acceptors (Lipinski definition) is 2. The van der Waals surface area contributed by atoms with Gasteiger partial charge >= 0.3 is 0 Å². The first-order chi connectivity index (χ1) is 9.10. The zero-order valence-corrected chi connectivity index (χ0v) is 12.4. The Morgan fingerprint density at radius 1 is 1.16 bits per heavy atom. The van der Waals surface area contributed by atoms with E-state index >= 15 is 0 Å². The van der Waals surface area contributed by atoms with E-state index in [1.54, 1.807) is 6.07 Å². The Hall–Kier alpha value is -1.39. The van der Waals surface area contributed by atoms with Crippen molar-refractivity contribution in [1.29, 1.82) is 0 Å². The monoisotopic (exact) mass is 323 g/mol. The first-order valence-electron chi connectivity index (χ1n) is 5.97. The average molecular weight is 324 g/mol. The second kappa shape index (κ2) is 6.17. The molecular weight excluding hydrogens is 309 g/mol. The van der Waals surface area contributed by atoms with Gasteiger partial charge in [0.2, 0.25) is 0 Å². The molecule has 19 heavy (non-hydrogen) atoms. The molecule has 2 aromatic carbocycles. The molecule has 0 aliphatic heterocycles. The normalized spacial score (nSPS) is 10.5. The second-order valence-corrected chi connectivity index (χ2v) is 5.16. The summed E-state index contributed by atoms with van der Waals surface area (Å²) >= 11 is 3.49. The van der Waals surface area contributed by atoms with Crippen LogP contribution in [0.25, 0.3) is 0 Å². The summed E-state index contributed by atoms with van der Waals surface area (Å²) < 4.78 is 19.7. The molecule has 0 unspecified atom stereocenters. The van der Waals surface area contributed by atoms with Gasteiger partial charge in [-0.25, -0.2) is 4.39 Å². The number of rotatable bonds is 4. The fraction of sp³-hybridized carbons (Fsp3) is 0.200. The van der Waals surface area contributed by atoms with Crippen molar-refractivity contribution in [3.05, 3.63) is 57.8 Å². The maximum absolute atomic E-state index is 13.0. The summed E-state index contributed by atoms with van der Waals surface area (Å²) in [7, 11) is 1.90. The Bertz CT molecular complexity index is 586. The fourth-order valence-corrected chi connectivity index (χ4v) is 2.29. The molecule has 0 saturated carbocycles. The van der Waals surface area contributed by atoms with E-state index in [1.807, 2.05) is 32.2 Å². The molecule has 0 heterocycles. The Morgan fingerprint density at radius 2 is 1.89 bits per heavy atom. The maximum Gasteiger partial charge on any atom is 0.141 e. The number of hydrogen-bond donors (Lipinski definition) is 1. The van der Waals surface area contributed by atoms with Crippen LogP contribution in [0.2, 0.25) is 0 Å². The number of aryl methyl sites for hydroxylation is 1. The zero-order chi connectivity index (χ0) is 13.8. The Morgan fingerprint density at radius 3 is 2.53 bits per heavy atom. The molecule has 0 radical (unpaired) electrons. The van der Waals surface area contributed by atoms with E-state index in [-0.39, 0.29) is 5.82 Å². The molecule has 2 aromatic rings. The van der Waals surface area contributed by atoms with Gasteiger partial charge in [0, 0.05) is 6.54 Å². The summed E-state index contributed by atoms with van der Waals surface area (Å²) in [5.74, 6) is 1.12. The van der Waals surface area contributed by atoms with Crippen molar-refractivity contribution in [3.63, 3.8) is 0 Å². The summed E-state index contributed by atoms with van der Waals surface area (Å²) in [5.41, 5.74) is 1.93. The van der Waals surface area contributed by atoms with Gasteiger partial charge in [-0.05, 0) is 71.4 Å². The van der Waals surface area contributed by atoms with Gasteiger partial charge in [-0.15, -0.1) is 0 Å². The molecular formula is C15H15BrFNO. The predicted octanol–water partition coefficient (Wildman–Crippen LogP) is 4.41. The van der Waals surface area contributed by atoms with Gasteiger partial charge in [-0.3, -0.25) is 0 Å². The van der Waals surface area contributed by atoms with Crippen molar-refractivity contribution in [3.8, 4) is 11.5 Å². The van der Waals surface area contributed by atoms with Crippen LogP contribution in [0.1, 0.15) is 11.1 Å². The molecule has 0 aromatic heterocycles. The third kappa shape index (κ3) is 3.55. The lowest BCUT2D eigenvalue weighted by Crippen LogP contribution is -2.04. The number of benzene rings is 2. The smallest absolute Gasteiger partial charge is 0.141 e. The molecule has 0 saturated heterocycles. The standard InChI is InChI=1S/C15H15BrFNO/c1-10-7-12(17)4-6-14(10)19-15-5-3-11(9-18-2)8-13(15)16/h3-8,18H,9H2,1-2H3. The highest BCUT2D eigenvalue weighted by Crippen LogP contribution is 2.32. The van der Waals surface area contributed by atoms with E-state index in [9.17, 15) is 4.39 Å². The molecule has 2 nitrogen and oxygen atoms in total. The molecule has 1 N–H and O–H groups in total. The third-order valence-corrected chi connectivity index (χ3v) is 3.35. The number of halogens is 2. The topological polar surface area (TPSA) is 21.3 Å². The van der Waals surface area contributed by atoms with Crippen molar-refractivity contribution in [2.45, 2.75) is 13.5 Å². The highest BCUT2D eigenvalue weighted by atomic mass is 79.9. The van der Waals surface area contributed by atoms with Gasteiger partial charge in [0.25, 0.3) is 0 Å². The van der Waals surface area contributed by atoms with Gasteiger partial charge in [-0.1, -0.05) is 6.07 Å². The zero-order valence-electron chi connectivity index (χ0n) is 10.8. The van der Waals surface area contributed by atoms with Crippen LogP contribution < -0.4 is 10.1 Å². The lowest BCUT2D eigenvalue weighted by Gasteiger charge is -2.11. The van der Waals surface area contributed by atoms with Crippen LogP contribution in [0, 0.1) is 12.7 Å². The van der Waals surface area contributed by atoms with Crippen molar-refractivity contribution in [1.82, 2.24) is 5.32 Å². The first kappa shape index (κ1) is 14.0. The van der Waals surface area contributed by atoms with E-state index < -0.39 is 0 Å². The Kier molecular flexibility index (Phi) is 4.56. The number of ether oxygens (including phenoxy) is 1. The van der Waals surface area contributed by atoms with Crippen LogP contribution in [-0.4, -0.2) is 7.05 Å². The third-order valence-electron chi connectivity index (χ3n) is 2.73. The van der Waals surface area contributed by atoms with Crippen LogP contribution >= 0.6 is 15.9 Å². The van der Waals surface area contributed by atoms with Crippen molar-refractivity contribution >= 4 is 15.9 Å². The SMILES string of the molecule is CNCc1ccc(Oc2ccc(F)cc2C)c(Br)c1. The fourth-order valence-electron chi connectivity index (χ4n) is 1.79. The molecule has 0 spiro atoms. The summed E-state index contributed by atoms with van der Waals surface area (Å²) in [4.78, 5) is 0. The van der Waals surface area contributed by atoms with E-state index in [4.69, 9.17) is 4.74 Å². The quantitative estimate of drug-likeness (QED) is 0.899.